The molecule has 54 heavy (non-hydrogen) atoms. The molecule has 2 saturated heterocycles. The number of imidazole rings is 1. The molecule has 1 aromatic carbocycles. The number of fused-ring (bicyclic) bond motifs is 4. The predicted octanol–water partition coefficient (Wildman–Crippen LogP) is 4.56. The van der Waals surface area contributed by atoms with Gasteiger partial charge < -0.3 is 34.1 Å². The molecule has 15 nitrogen and oxygen atoms in total. The lowest BCUT2D eigenvalue weighted by Gasteiger charge is -2.32. The maximum Gasteiger partial charge on any atom is 0.404 e. The summed E-state index contributed by atoms with van der Waals surface area (Å²) >= 11 is 0. The van der Waals surface area contributed by atoms with E-state index < -0.39 is 6.09 Å². The second-order valence-electron chi connectivity index (χ2n) is 15.1. The van der Waals surface area contributed by atoms with Crippen LogP contribution in [-0.2, 0) is 13.1 Å². The lowest BCUT2D eigenvalue weighted by Crippen LogP contribution is -2.45. The van der Waals surface area contributed by atoms with Gasteiger partial charge in [-0.3, -0.25) is 9.59 Å². The van der Waals surface area contributed by atoms with E-state index >= 15 is 0 Å². The van der Waals surface area contributed by atoms with Crippen LogP contribution in [0.2, 0.25) is 0 Å². The number of likely N-dealkylation sites (tertiary alicyclic amines) is 2. The highest BCUT2D eigenvalue weighted by atomic mass is 16.5. The Morgan fingerprint density at radius 3 is 2.43 bits per heavy atom. The van der Waals surface area contributed by atoms with Crippen LogP contribution in [0.1, 0.15) is 65.1 Å². The van der Waals surface area contributed by atoms with E-state index in [-0.39, 0.29) is 41.6 Å². The van der Waals surface area contributed by atoms with E-state index in [1.807, 2.05) is 34.2 Å². The Balaban J connectivity index is 1.07. The maximum atomic E-state index is 14.2. The monoisotopic (exact) mass is 728 g/mol. The van der Waals surface area contributed by atoms with Gasteiger partial charge in [0.25, 0.3) is 11.8 Å². The first-order valence-electron chi connectivity index (χ1n) is 18.6. The summed E-state index contributed by atoms with van der Waals surface area (Å²) in [5.41, 5.74) is 4.11. The lowest BCUT2D eigenvalue weighted by atomic mass is 9.96. The SMILES string of the molecule is COc1cc(C(=O)N2C[C@H]3CC[C@@H]2[C@@H]3NC(=O)O)cc2nc(-c3cc4cccnc4n3CC3CC3)n(CC3CCN(C(=O)c4cnc(C#N)nc4)CC3)c12. The van der Waals surface area contributed by atoms with Crippen LogP contribution in [0.3, 0.4) is 0 Å². The molecule has 3 amide bonds. The zero-order valence-corrected chi connectivity index (χ0v) is 29.9. The lowest BCUT2D eigenvalue weighted by molar-refractivity contribution is 0.0679. The van der Waals surface area contributed by atoms with Gasteiger partial charge in [0.1, 0.15) is 23.0 Å². The molecule has 9 rings (SSSR count). The Bertz CT molecular complexity index is 2330. The molecule has 0 unspecified atom stereocenters. The Morgan fingerprint density at radius 1 is 0.944 bits per heavy atom. The molecule has 3 atom stereocenters. The van der Waals surface area contributed by atoms with Crippen LogP contribution in [0.5, 0.6) is 5.75 Å². The summed E-state index contributed by atoms with van der Waals surface area (Å²) in [6.07, 6.45) is 9.08. The smallest absolute Gasteiger partial charge is 0.404 e. The van der Waals surface area contributed by atoms with Crippen molar-refractivity contribution in [1.29, 1.82) is 5.26 Å². The molecule has 2 aliphatic carbocycles. The fourth-order valence-electron chi connectivity index (χ4n) is 8.91. The summed E-state index contributed by atoms with van der Waals surface area (Å²) in [6, 6.07) is 11.2. The van der Waals surface area contributed by atoms with Gasteiger partial charge in [0.2, 0.25) is 5.82 Å². The molecule has 5 aromatic rings. The number of carbonyl (C=O) groups excluding carboxylic acids is 2. The summed E-state index contributed by atoms with van der Waals surface area (Å²) in [7, 11) is 1.61. The summed E-state index contributed by atoms with van der Waals surface area (Å²) < 4.78 is 10.5. The van der Waals surface area contributed by atoms with E-state index in [4.69, 9.17) is 20.0 Å². The number of benzene rings is 1. The highest BCUT2D eigenvalue weighted by molar-refractivity contribution is 6.00. The number of amides is 3. The minimum atomic E-state index is -1.07. The van der Waals surface area contributed by atoms with E-state index in [0.717, 1.165) is 60.3 Å². The number of pyridine rings is 1. The molecule has 2 aliphatic heterocycles. The Morgan fingerprint density at radius 2 is 1.70 bits per heavy atom. The van der Waals surface area contributed by atoms with E-state index in [2.05, 4.69) is 36.6 Å². The Hall–Kier alpha value is -6.04. The summed E-state index contributed by atoms with van der Waals surface area (Å²) in [4.78, 5) is 60.6. The first-order chi connectivity index (χ1) is 26.3. The van der Waals surface area contributed by atoms with Crippen LogP contribution in [0.25, 0.3) is 33.6 Å². The molecular weight excluding hydrogens is 688 g/mol. The second-order valence-corrected chi connectivity index (χ2v) is 15.1. The van der Waals surface area contributed by atoms with Gasteiger partial charge in [-0.15, -0.1) is 0 Å². The summed E-state index contributed by atoms with van der Waals surface area (Å²) in [5, 5.41) is 22.2. The highest BCUT2D eigenvalue weighted by Crippen LogP contribution is 2.41. The molecule has 0 spiro atoms. The number of aromatic nitrogens is 6. The van der Waals surface area contributed by atoms with Crippen LogP contribution in [0.4, 0.5) is 4.79 Å². The van der Waals surface area contributed by atoms with Crippen LogP contribution >= 0.6 is 0 Å². The van der Waals surface area contributed by atoms with Crippen LogP contribution in [0, 0.1) is 29.1 Å². The minimum Gasteiger partial charge on any atom is -0.494 e. The molecule has 4 aliphatic rings. The van der Waals surface area contributed by atoms with Crippen molar-refractivity contribution in [2.75, 3.05) is 26.7 Å². The third-order valence-electron chi connectivity index (χ3n) is 11.8. The largest absolute Gasteiger partial charge is 0.494 e. The first-order valence-corrected chi connectivity index (χ1v) is 18.6. The Kier molecular flexibility index (Phi) is 8.40. The van der Waals surface area contributed by atoms with E-state index in [1.54, 1.807) is 13.2 Å². The quantitative estimate of drug-likeness (QED) is 0.218. The van der Waals surface area contributed by atoms with Gasteiger partial charge in [-0.1, -0.05) is 0 Å². The standard InChI is InChI=1S/C39H40N10O5/c1-54-31-15-26(38(51)48-21-25-6-7-29(48)33(25)45-39(52)53)13-28-34(31)49(20-23-8-11-46(12-9-23)37(50)27-17-42-32(16-40)43-18-27)36(44-28)30-14-24-3-2-10-41-35(24)47(30)19-22-4-5-22/h2-3,10,13-15,17-18,22-23,25,29,33,45H,4-9,11-12,19-21H2,1H3,(H,52,53)/t25-,29-,33-/m1/s1. The number of piperidine rings is 2. The molecule has 15 heteroatoms. The zero-order valence-electron chi connectivity index (χ0n) is 29.9. The van der Waals surface area contributed by atoms with E-state index in [0.29, 0.717) is 54.5 Å². The van der Waals surface area contributed by atoms with Gasteiger partial charge in [-0.25, -0.2) is 24.7 Å². The van der Waals surface area contributed by atoms with Crippen molar-refractivity contribution in [3.8, 4) is 23.3 Å². The normalized spacial score (nSPS) is 21.1. The number of nitrogens with zero attached hydrogens (tertiary/aromatic N) is 9. The average molecular weight is 729 g/mol. The number of hydrogen-bond acceptors (Lipinski definition) is 9. The van der Waals surface area contributed by atoms with Crippen LogP contribution < -0.4 is 10.1 Å². The summed E-state index contributed by atoms with van der Waals surface area (Å²) in [6.45, 7) is 3.07. The molecule has 4 aromatic heterocycles. The van der Waals surface area contributed by atoms with Gasteiger partial charge in [0.15, 0.2) is 5.82 Å². The molecule has 6 heterocycles. The predicted molar refractivity (Wildman–Crippen MR) is 196 cm³/mol. The number of hydrogen-bond donors (Lipinski definition) is 2. The molecular formula is C39H40N10O5. The fraction of sp³-hybridized carbons (Fsp3) is 0.436. The number of methoxy groups -OCH3 is 1. The summed E-state index contributed by atoms with van der Waals surface area (Å²) in [5.74, 6) is 1.90. The van der Waals surface area contributed by atoms with Crippen molar-refractivity contribution in [3.63, 3.8) is 0 Å². The van der Waals surface area contributed by atoms with Crippen LogP contribution in [-0.4, -0.2) is 101 Å². The number of ether oxygens (including phenoxy) is 1. The van der Waals surface area contributed by atoms with Crippen LogP contribution in [0.15, 0.2) is 48.9 Å². The number of nitriles is 1. The minimum absolute atomic E-state index is 0.0252. The zero-order chi connectivity index (χ0) is 37.1. The molecule has 2 N–H and O–H groups in total. The topological polar surface area (TPSA) is 184 Å². The third-order valence-corrected chi connectivity index (χ3v) is 11.8. The Labute approximate surface area is 310 Å². The van der Waals surface area contributed by atoms with Crippen molar-refractivity contribution in [1.82, 2.24) is 44.2 Å². The van der Waals surface area contributed by atoms with Gasteiger partial charge in [-0.05, 0) is 86.6 Å². The number of rotatable bonds is 9. The van der Waals surface area contributed by atoms with Crippen molar-refractivity contribution in [3.05, 3.63) is 65.9 Å². The molecule has 0 radical (unpaired) electrons. The average Bonchev–Trinajstić information content (AvgIpc) is 3.51. The van der Waals surface area contributed by atoms with Crippen molar-refractivity contribution in [2.45, 2.75) is 63.7 Å². The maximum absolute atomic E-state index is 14.2. The van der Waals surface area contributed by atoms with Gasteiger partial charge in [0, 0.05) is 62.3 Å². The molecule has 276 valence electrons. The first kappa shape index (κ1) is 33.8. The number of nitrogens with one attached hydrogen (secondary N) is 1. The number of carboxylic acid groups (broad SMARTS) is 1. The highest BCUT2D eigenvalue weighted by Gasteiger charge is 2.49. The molecule has 2 bridgehead atoms. The van der Waals surface area contributed by atoms with E-state index in [9.17, 15) is 19.5 Å². The third kappa shape index (κ3) is 5.95. The van der Waals surface area contributed by atoms with Crippen molar-refractivity contribution < 1.29 is 24.2 Å². The van der Waals surface area contributed by atoms with Gasteiger partial charge in [-0.2, -0.15) is 5.26 Å². The second kappa shape index (κ2) is 13.4. The van der Waals surface area contributed by atoms with Gasteiger partial charge in [0.05, 0.1) is 36.0 Å². The van der Waals surface area contributed by atoms with Gasteiger partial charge >= 0.3 is 6.09 Å². The number of carbonyl (C=O) groups is 3. The molecule has 4 fully saturated rings. The van der Waals surface area contributed by atoms with Crippen molar-refractivity contribution in [2.24, 2.45) is 17.8 Å². The molecule has 2 saturated carbocycles. The van der Waals surface area contributed by atoms with E-state index in [1.165, 1.54) is 25.2 Å². The fourth-order valence-corrected chi connectivity index (χ4v) is 8.91. The van der Waals surface area contributed by atoms with Crippen molar-refractivity contribution >= 4 is 40.0 Å².